The van der Waals surface area contributed by atoms with E-state index in [0.29, 0.717) is 25.1 Å². The van der Waals surface area contributed by atoms with Crippen LogP contribution < -0.4 is 33.2 Å². The normalized spacial score (nSPS) is 14.0. The Labute approximate surface area is 220 Å². The minimum Gasteiger partial charge on any atom is -0.480 e. The summed E-state index contributed by atoms with van der Waals surface area (Å²) in [5.74, 6) is -3.47. The Bertz CT molecular complexity index is 903. The van der Waals surface area contributed by atoms with E-state index < -0.39 is 60.2 Å². The van der Waals surface area contributed by atoms with Crippen molar-refractivity contribution in [3.05, 3.63) is 35.9 Å². The number of carboxylic acid groups (broad SMARTS) is 1. The molecule has 4 unspecified atom stereocenters. The van der Waals surface area contributed by atoms with Gasteiger partial charge >= 0.3 is 5.97 Å². The van der Waals surface area contributed by atoms with E-state index in [0.717, 1.165) is 5.56 Å². The lowest BCUT2D eigenvalue weighted by molar-refractivity contribution is -0.142. The van der Waals surface area contributed by atoms with E-state index in [9.17, 15) is 29.1 Å². The number of hydrogen-bond acceptors (Lipinski definition) is 8. The van der Waals surface area contributed by atoms with Crippen LogP contribution in [-0.2, 0) is 30.4 Å². The van der Waals surface area contributed by atoms with Crippen LogP contribution in [0.4, 0.5) is 0 Å². The largest absolute Gasteiger partial charge is 0.480 e. The van der Waals surface area contributed by atoms with Crippen molar-refractivity contribution < 1.29 is 29.1 Å². The van der Waals surface area contributed by atoms with Gasteiger partial charge in [-0.2, -0.15) is 11.8 Å². The van der Waals surface area contributed by atoms with E-state index in [1.165, 1.54) is 11.8 Å². The van der Waals surface area contributed by atoms with Crippen molar-refractivity contribution in [2.75, 3.05) is 18.6 Å². The van der Waals surface area contributed by atoms with Gasteiger partial charge in [0.2, 0.25) is 23.6 Å². The summed E-state index contributed by atoms with van der Waals surface area (Å²) >= 11 is 1.45. The Balaban J connectivity index is 3.08. The Hall–Kier alpha value is -3.16. The van der Waals surface area contributed by atoms with E-state index in [2.05, 4.69) is 16.0 Å². The monoisotopic (exact) mass is 538 g/mol. The molecule has 0 saturated heterocycles. The minimum atomic E-state index is -1.25. The van der Waals surface area contributed by atoms with Crippen LogP contribution in [0.3, 0.4) is 0 Å². The van der Waals surface area contributed by atoms with Crippen LogP contribution in [0, 0.1) is 0 Å². The Morgan fingerprint density at radius 1 is 0.892 bits per heavy atom. The van der Waals surface area contributed by atoms with Crippen molar-refractivity contribution in [2.45, 2.75) is 62.7 Å². The molecule has 10 N–H and O–H groups in total. The number of carbonyl (C=O) groups excluding carboxylic acids is 4. The number of rotatable bonds is 18. The van der Waals surface area contributed by atoms with Gasteiger partial charge in [0.25, 0.3) is 0 Å². The van der Waals surface area contributed by atoms with Crippen molar-refractivity contribution in [2.24, 2.45) is 17.2 Å². The molecule has 4 amide bonds. The molecule has 1 aromatic rings. The molecule has 0 aliphatic heterocycles. The second-order valence-electron chi connectivity index (χ2n) is 8.55. The molecule has 0 spiro atoms. The lowest BCUT2D eigenvalue weighted by Gasteiger charge is -2.25. The lowest BCUT2D eigenvalue weighted by Crippen LogP contribution is -2.57. The molecular formula is C24H38N6O6S. The number of primary amides is 1. The third-order valence-electron chi connectivity index (χ3n) is 5.48. The first-order valence-electron chi connectivity index (χ1n) is 12.0. The number of nitrogens with two attached hydrogens (primary N) is 3. The Morgan fingerprint density at radius 2 is 1.49 bits per heavy atom. The second-order valence-corrected chi connectivity index (χ2v) is 9.54. The zero-order chi connectivity index (χ0) is 27.8. The maximum absolute atomic E-state index is 13.3. The van der Waals surface area contributed by atoms with Crippen LogP contribution in [-0.4, -0.2) is 77.4 Å². The number of aliphatic carboxylic acids is 1. The first kappa shape index (κ1) is 31.9. The van der Waals surface area contributed by atoms with Crippen LogP contribution in [0.15, 0.2) is 30.3 Å². The van der Waals surface area contributed by atoms with Crippen molar-refractivity contribution in [1.82, 2.24) is 16.0 Å². The molecule has 4 atom stereocenters. The molecule has 1 rings (SSSR count). The van der Waals surface area contributed by atoms with Gasteiger partial charge in [-0.15, -0.1) is 0 Å². The topological polar surface area (TPSA) is 220 Å². The van der Waals surface area contributed by atoms with E-state index in [1.54, 1.807) is 30.3 Å². The predicted octanol–water partition coefficient (Wildman–Crippen LogP) is -1.15. The standard InChI is InChI=1S/C24H38N6O6S/c1-37-12-10-18(24(35)36)29-22(33)17(9-5-6-11-25)28-23(34)19(13-15-7-3-2-4-8-15)30-21(32)16(26)14-20(27)31/h2-4,7-8,16-19H,5-6,9-14,25-26H2,1H3,(H2,27,31)(H,28,34)(H,29,33)(H,30,32)(H,35,36). The molecule has 0 radical (unpaired) electrons. The zero-order valence-corrected chi connectivity index (χ0v) is 21.8. The third-order valence-corrected chi connectivity index (χ3v) is 6.12. The van der Waals surface area contributed by atoms with Gasteiger partial charge in [-0.1, -0.05) is 30.3 Å². The molecule has 0 saturated carbocycles. The number of thioether (sulfide) groups is 1. The highest BCUT2D eigenvalue weighted by atomic mass is 32.2. The fourth-order valence-electron chi connectivity index (χ4n) is 3.45. The summed E-state index contributed by atoms with van der Waals surface area (Å²) in [6, 6.07) is 4.35. The summed E-state index contributed by atoms with van der Waals surface area (Å²) < 4.78 is 0. The number of nitrogens with one attached hydrogen (secondary N) is 3. The van der Waals surface area contributed by atoms with Gasteiger partial charge in [-0.3, -0.25) is 19.2 Å². The maximum Gasteiger partial charge on any atom is 0.326 e. The number of carboxylic acids is 1. The van der Waals surface area contributed by atoms with Gasteiger partial charge < -0.3 is 38.3 Å². The molecule has 13 heteroatoms. The van der Waals surface area contributed by atoms with Crippen LogP contribution in [0.25, 0.3) is 0 Å². The molecule has 37 heavy (non-hydrogen) atoms. The highest BCUT2D eigenvalue weighted by molar-refractivity contribution is 7.98. The van der Waals surface area contributed by atoms with Crippen LogP contribution in [0.2, 0.25) is 0 Å². The van der Waals surface area contributed by atoms with E-state index >= 15 is 0 Å². The summed E-state index contributed by atoms with van der Waals surface area (Å²) in [4.78, 5) is 61.6. The highest BCUT2D eigenvalue weighted by Gasteiger charge is 2.30. The average molecular weight is 539 g/mol. The van der Waals surface area contributed by atoms with Gasteiger partial charge in [-0.25, -0.2) is 4.79 Å². The van der Waals surface area contributed by atoms with E-state index in [1.807, 2.05) is 6.26 Å². The SMILES string of the molecule is CSCCC(NC(=O)C(CCCCN)NC(=O)C(Cc1ccccc1)NC(=O)C(N)CC(N)=O)C(=O)O. The molecule has 0 aliphatic rings. The van der Waals surface area contributed by atoms with Gasteiger partial charge in [-0.05, 0) is 49.8 Å². The van der Waals surface area contributed by atoms with Crippen molar-refractivity contribution >= 4 is 41.4 Å². The maximum atomic E-state index is 13.3. The molecule has 206 valence electrons. The van der Waals surface area contributed by atoms with Crippen molar-refractivity contribution in [3.8, 4) is 0 Å². The summed E-state index contributed by atoms with van der Waals surface area (Å²) in [7, 11) is 0. The summed E-state index contributed by atoms with van der Waals surface area (Å²) in [5.41, 5.74) is 17.1. The van der Waals surface area contributed by atoms with Crippen LogP contribution >= 0.6 is 11.8 Å². The summed E-state index contributed by atoms with van der Waals surface area (Å²) in [6.45, 7) is 0.387. The molecule has 0 fully saturated rings. The number of hydrogen-bond donors (Lipinski definition) is 7. The average Bonchev–Trinajstić information content (AvgIpc) is 2.85. The molecule has 0 heterocycles. The van der Waals surface area contributed by atoms with Crippen LogP contribution in [0.5, 0.6) is 0 Å². The fourth-order valence-corrected chi connectivity index (χ4v) is 3.92. The zero-order valence-electron chi connectivity index (χ0n) is 21.0. The molecule has 0 aliphatic carbocycles. The van der Waals surface area contributed by atoms with Gasteiger partial charge in [0.1, 0.15) is 18.1 Å². The van der Waals surface area contributed by atoms with Gasteiger partial charge in [0.15, 0.2) is 0 Å². The quantitative estimate of drug-likeness (QED) is 0.112. The van der Waals surface area contributed by atoms with E-state index in [4.69, 9.17) is 17.2 Å². The molecule has 1 aromatic carbocycles. The number of benzene rings is 1. The Morgan fingerprint density at radius 3 is 2.05 bits per heavy atom. The molecule has 0 bridgehead atoms. The van der Waals surface area contributed by atoms with Gasteiger partial charge in [0.05, 0.1) is 12.5 Å². The smallest absolute Gasteiger partial charge is 0.326 e. The van der Waals surface area contributed by atoms with Crippen molar-refractivity contribution in [3.63, 3.8) is 0 Å². The highest BCUT2D eigenvalue weighted by Crippen LogP contribution is 2.08. The van der Waals surface area contributed by atoms with E-state index in [-0.39, 0.29) is 19.3 Å². The summed E-state index contributed by atoms with van der Waals surface area (Å²) in [6.07, 6.45) is 3.06. The lowest BCUT2D eigenvalue weighted by atomic mass is 10.0. The number of amides is 4. The first-order valence-corrected chi connectivity index (χ1v) is 13.4. The fraction of sp³-hybridized carbons (Fsp3) is 0.542. The molecular weight excluding hydrogens is 500 g/mol. The van der Waals surface area contributed by atoms with Gasteiger partial charge in [0, 0.05) is 6.42 Å². The number of carbonyl (C=O) groups is 5. The molecule has 0 aromatic heterocycles. The van der Waals surface area contributed by atoms with Crippen molar-refractivity contribution in [1.29, 1.82) is 0 Å². The number of unbranched alkanes of at least 4 members (excludes halogenated alkanes) is 1. The predicted molar refractivity (Wildman–Crippen MR) is 141 cm³/mol. The third kappa shape index (κ3) is 12.6. The molecule has 12 nitrogen and oxygen atoms in total. The summed E-state index contributed by atoms with van der Waals surface area (Å²) in [5, 5.41) is 17.1. The minimum absolute atomic E-state index is 0.0876. The second kappa shape index (κ2) is 17.3. The Kier molecular flexibility index (Phi) is 14.9. The first-order chi connectivity index (χ1) is 17.6. The van der Waals surface area contributed by atoms with Crippen LogP contribution in [0.1, 0.15) is 37.7 Å².